The van der Waals surface area contributed by atoms with Gasteiger partial charge >= 0.3 is 6.18 Å². The lowest BCUT2D eigenvalue weighted by atomic mass is 10.2. The average molecular weight is 361 g/mol. The second-order valence-electron chi connectivity index (χ2n) is 5.17. The second kappa shape index (κ2) is 7.26. The zero-order valence-electron chi connectivity index (χ0n) is 13.6. The smallest absolute Gasteiger partial charge is 0.416 e. The Hall–Kier alpha value is -3.36. The molecule has 0 aliphatic heterocycles. The predicted octanol–water partition coefficient (Wildman–Crippen LogP) is 3.77. The fourth-order valence-corrected chi connectivity index (χ4v) is 2.25. The van der Waals surface area contributed by atoms with Crippen LogP contribution in [0.1, 0.15) is 11.4 Å². The molecule has 0 saturated carbocycles. The summed E-state index contributed by atoms with van der Waals surface area (Å²) in [7, 11) is 1.38. The Morgan fingerprint density at radius 3 is 2.58 bits per heavy atom. The van der Waals surface area contributed by atoms with Gasteiger partial charge in [-0.25, -0.2) is 0 Å². The van der Waals surface area contributed by atoms with Crippen molar-refractivity contribution in [2.75, 3.05) is 12.4 Å². The van der Waals surface area contributed by atoms with E-state index in [1.807, 2.05) is 30.3 Å². The molecule has 6 nitrogen and oxygen atoms in total. The summed E-state index contributed by atoms with van der Waals surface area (Å²) in [6, 6.07) is 12.4. The van der Waals surface area contributed by atoms with E-state index >= 15 is 0 Å². The van der Waals surface area contributed by atoms with Crippen LogP contribution in [0.25, 0.3) is 11.8 Å². The molecule has 0 fully saturated rings. The van der Waals surface area contributed by atoms with E-state index in [0.29, 0.717) is 5.82 Å². The maximum absolute atomic E-state index is 12.9. The van der Waals surface area contributed by atoms with E-state index in [-0.39, 0.29) is 11.4 Å². The number of nitrogens with zero attached hydrogens (tertiary/aromatic N) is 4. The van der Waals surface area contributed by atoms with E-state index in [2.05, 4.69) is 20.8 Å². The van der Waals surface area contributed by atoms with E-state index in [9.17, 15) is 13.2 Å². The number of rotatable bonds is 5. The molecule has 134 valence electrons. The Morgan fingerprint density at radius 2 is 1.88 bits per heavy atom. The molecule has 0 amide bonds. The summed E-state index contributed by atoms with van der Waals surface area (Å²) in [4.78, 5) is 0. The van der Waals surface area contributed by atoms with Crippen molar-refractivity contribution in [2.45, 2.75) is 6.18 Å². The second-order valence-corrected chi connectivity index (χ2v) is 5.17. The van der Waals surface area contributed by atoms with Gasteiger partial charge in [-0.1, -0.05) is 18.2 Å². The van der Waals surface area contributed by atoms with Gasteiger partial charge in [0.1, 0.15) is 5.75 Å². The van der Waals surface area contributed by atoms with E-state index < -0.39 is 11.7 Å². The van der Waals surface area contributed by atoms with E-state index in [1.54, 1.807) is 6.08 Å². The van der Waals surface area contributed by atoms with E-state index in [4.69, 9.17) is 4.74 Å². The molecule has 0 aliphatic rings. The van der Waals surface area contributed by atoms with Gasteiger partial charge in [0.25, 0.3) is 0 Å². The van der Waals surface area contributed by atoms with Crippen molar-refractivity contribution in [3.63, 3.8) is 0 Å². The standard InChI is InChI=1S/C17H14F3N5O/c1-26-15-8-7-12(17(18,19)20)11-14(15)21-10-9-16-22-23-24-25(16)13-5-3-2-4-6-13/h2-11,21H,1H3/b10-9+. The highest BCUT2D eigenvalue weighted by atomic mass is 19.4. The van der Waals surface area contributed by atoms with Crippen LogP contribution in [0.3, 0.4) is 0 Å². The number of para-hydroxylation sites is 1. The Bertz CT molecular complexity index is 906. The van der Waals surface area contributed by atoms with Gasteiger partial charge in [-0.05, 0) is 40.8 Å². The van der Waals surface area contributed by atoms with Crippen LogP contribution in [-0.2, 0) is 6.18 Å². The molecule has 0 saturated heterocycles. The van der Waals surface area contributed by atoms with Crippen LogP contribution in [0.5, 0.6) is 5.75 Å². The van der Waals surface area contributed by atoms with Gasteiger partial charge in [0, 0.05) is 12.3 Å². The van der Waals surface area contributed by atoms with Crippen LogP contribution >= 0.6 is 0 Å². The van der Waals surface area contributed by atoms with Gasteiger partial charge in [-0.3, -0.25) is 0 Å². The third-order valence-electron chi connectivity index (χ3n) is 3.49. The summed E-state index contributed by atoms with van der Waals surface area (Å²) in [6.07, 6.45) is -1.44. The minimum absolute atomic E-state index is 0.178. The summed E-state index contributed by atoms with van der Waals surface area (Å²) < 4.78 is 45.2. The molecule has 2 aromatic carbocycles. The molecular formula is C17H14F3N5O. The Balaban J connectivity index is 1.83. The van der Waals surface area contributed by atoms with Crippen molar-refractivity contribution in [1.29, 1.82) is 0 Å². The number of tetrazole rings is 1. The first-order chi connectivity index (χ1) is 12.5. The van der Waals surface area contributed by atoms with Gasteiger partial charge < -0.3 is 10.1 Å². The molecule has 3 aromatic rings. The van der Waals surface area contributed by atoms with Gasteiger partial charge in [-0.15, -0.1) is 5.10 Å². The number of halogens is 3. The lowest BCUT2D eigenvalue weighted by Gasteiger charge is -2.12. The lowest BCUT2D eigenvalue weighted by Crippen LogP contribution is -2.06. The monoisotopic (exact) mass is 361 g/mol. The molecule has 0 aliphatic carbocycles. The number of alkyl halides is 3. The van der Waals surface area contributed by atoms with Crippen molar-refractivity contribution in [2.24, 2.45) is 0 Å². The molecule has 0 atom stereocenters. The summed E-state index contributed by atoms with van der Waals surface area (Å²) in [6.45, 7) is 0. The maximum Gasteiger partial charge on any atom is 0.416 e. The summed E-state index contributed by atoms with van der Waals surface area (Å²) in [5.74, 6) is 0.694. The van der Waals surface area contributed by atoms with Gasteiger partial charge in [0.05, 0.1) is 24.0 Å². The molecule has 1 N–H and O–H groups in total. The quantitative estimate of drug-likeness (QED) is 0.749. The first-order valence-electron chi connectivity index (χ1n) is 7.51. The highest BCUT2D eigenvalue weighted by Crippen LogP contribution is 2.34. The number of ether oxygens (including phenoxy) is 1. The molecule has 1 aromatic heterocycles. The molecule has 0 radical (unpaired) electrons. The maximum atomic E-state index is 12.9. The first kappa shape index (κ1) is 17.5. The fourth-order valence-electron chi connectivity index (χ4n) is 2.25. The van der Waals surface area contributed by atoms with Gasteiger partial charge in [-0.2, -0.15) is 17.9 Å². The third kappa shape index (κ3) is 3.82. The van der Waals surface area contributed by atoms with Crippen molar-refractivity contribution in [3.8, 4) is 11.4 Å². The number of hydrogen-bond acceptors (Lipinski definition) is 5. The van der Waals surface area contributed by atoms with Crippen molar-refractivity contribution >= 4 is 11.8 Å². The Kier molecular flexibility index (Phi) is 4.87. The zero-order valence-corrected chi connectivity index (χ0v) is 13.6. The predicted molar refractivity (Wildman–Crippen MR) is 89.8 cm³/mol. The molecule has 0 bridgehead atoms. The van der Waals surface area contributed by atoms with Crippen molar-refractivity contribution in [3.05, 3.63) is 66.1 Å². The highest BCUT2D eigenvalue weighted by Gasteiger charge is 2.31. The number of methoxy groups -OCH3 is 1. The van der Waals surface area contributed by atoms with E-state index in [1.165, 1.54) is 24.1 Å². The van der Waals surface area contributed by atoms with E-state index in [0.717, 1.165) is 17.8 Å². The van der Waals surface area contributed by atoms with Crippen LogP contribution in [0.4, 0.5) is 18.9 Å². The normalized spacial score (nSPS) is 11.7. The molecule has 3 rings (SSSR count). The molecule has 9 heteroatoms. The van der Waals surface area contributed by atoms with Crippen molar-refractivity contribution in [1.82, 2.24) is 20.2 Å². The van der Waals surface area contributed by atoms with Crippen LogP contribution in [0, 0.1) is 0 Å². The number of benzene rings is 2. The van der Waals surface area contributed by atoms with Crippen LogP contribution in [0.15, 0.2) is 54.7 Å². The topological polar surface area (TPSA) is 64.9 Å². The number of anilines is 1. The lowest BCUT2D eigenvalue weighted by molar-refractivity contribution is -0.137. The fraction of sp³-hybridized carbons (Fsp3) is 0.118. The zero-order chi connectivity index (χ0) is 18.6. The summed E-state index contributed by atoms with van der Waals surface area (Å²) >= 11 is 0. The van der Waals surface area contributed by atoms with Crippen LogP contribution in [-0.4, -0.2) is 27.3 Å². The molecule has 0 unspecified atom stereocenters. The molecule has 0 spiro atoms. The average Bonchev–Trinajstić information content (AvgIpc) is 3.10. The molecule has 1 heterocycles. The van der Waals surface area contributed by atoms with Crippen LogP contribution < -0.4 is 10.1 Å². The minimum Gasteiger partial charge on any atom is -0.495 e. The molecular weight excluding hydrogens is 347 g/mol. The third-order valence-corrected chi connectivity index (χ3v) is 3.49. The number of hydrogen-bond donors (Lipinski definition) is 1. The largest absolute Gasteiger partial charge is 0.495 e. The molecule has 26 heavy (non-hydrogen) atoms. The summed E-state index contributed by atoms with van der Waals surface area (Å²) in [5, 5.41) is 14.2. The SMILES string of the molecule is COc1ccc(C(F)(F)F)cc1N/C=C/c1nnnn1-c1ccccc1. The van der Waals surface area contributed by atoms with Crippen LogP contribution in [0.2, 0.25) is 0 Å². The minimum atomic E-state index is -4.44. The number of aromatic nitrogens is 4. The highest BCUT2D eigenvalue weighted by molar-refractivity contribution is 5.62. The number of nitrogens with one attached hydrogen (secondary N) is 1. The Morgan fingerprint density at radius 1 is 1.12 bits per heavy atom. The Labute approximate surface area is 146 Å². The summed E-state index contributed by atoms with van der Waals surface area (Å²) in [5.41, 5.74) is 0.162. The van der Waals surface area contributed by atoms with Crippen molar-refractivity contribution < 1.29 is 17.9 Å². The first-order valence-corrected chi connectivity index (χ1v) is 7.51. The van der Waals surface area contributed by atoms with Gasteiger partial charge in [0.15, 0.2) is 5.82 Å². The van der Waals surface area contributed by atoms with Gasteiger partial charge in [0.2, 0.25) is 0 Å².